The van der Waals surface area contributed by atoms with E-state index in [1.54, 1.807) is 0 Å². The van der Waals surface area contributed by atoms with E-state index in [0.717, 1.165) is 0 Å². The summed E-state index contributed by atoms with van der Waals surface area (Å²) in [6, 6.07) is 0. The topological polar surface area (TPSA) is 0 Å². The van der Waals surface area contributed by atoms with Gasteiger partial charge in [-0.25, -0.2) is 0 Å². The Kier molecular flexibility index (Phi) is 165. The van der Waals surface area contributed by atoms with Gasteiger partial charge in [-0.15, -0.1) is 0 Å². The smallest absolute Gasteiger partial charge is 0 e. The molecule has 0 radical (unpaired) electrons. The van der Waals surface area contributed by atoms with Gasteiger partial charge in [0.1, 0.15) is 0 Å². The van der Waals surface area contributed by atoms with Crippen molar-refractivity contribution in [3.05, 3.63) is 0 Å². The third kappa shape index (κ3) is 8.89. The fourth-order valence-corrected chi connectivity index (χ4v) is 0. The van der Waals surface area contributed by atoms with Crippen LogP contribution >= 0.6 is 0 Å². The van der Waals surface area contributed by atoms with Crippen molar-refractivity contribution >= 4 is 0 Å². The van der Waals surface area contributed by atoms with Gasteiger partial charge in [0.2, 0.25) is 0 Å². The maximum atomic E-state index is 0. The average molecular weight is 224 g/mol. The summed E-state index contributed by atoms with van der Waals surface area (Å²) in [5.74, 6) is 0. The summed E-state index contributed by atoms with van der Waals surface area (Å²) in [7, 11) is 0. The molecule has 0 aromatic heterocycles. The third-order valence-electron chi connectivity index (χ3n) is 0. The quantitative estimate of drug-likeness (QED) is 0.507. The Labute approximate surface area is 70.5 Å². The zero-order chi connectivity index (χ0) is 0. The molecule has 0 aliphatic heterocycles. The molecule has 34 valence electrons. The molecule has 0 amide bonds. The fraction of sp³-hybridized carbons (Fsp3) is 0. The summed E-state index contributed by atoms with van der Waals surface area (Å²) >= 11 is 0. The molecule has 0 aromatic carbocycles. The zero-order valence-corrected chi connectivity index (χ0v) is 5.97. The Hall–Kier alpha value is 2.19. The van der Waals surface area contributed by atoms with Crippen molar-refractivity contribution in [3.63, 3.8) is 0 Å². The predicted molar refractivity (Wildman–Crippen MR) is 0 cm³/mol. The van der Waals surface area contributed by atoms with Gasteiger partial charge in [-0.05, 0) is 0 Å². The van der Waals surface area contributed by atoms with Crippen LogP contribution < -0.4 is 0 Å². The largest absolute Gasteiger partial charge is 0 e. The fourth-order valence-electron chi connectivity index (χ4n) is 0. The van der Waals surface area contributed by atoms with Crippen LogP contribution in [0.15, 0.2) is 0 Å². The molecule has 0 unspecified atom stereocenters. The van der Waals surface area contributed by atoms with Crippen LogP contribution in [0.5, 0.6) is 0 Å². The van der Waals surface area contributed by atoms with Crippen molar-refractivity contribution in [2.45, 2.75) is 0 Å². The van der Waals surface area contributed by atoms with E-state index in [1.807, 2.05) is 0 Å². The van der Waals surface area contributed by atoms with Gasteiger partial charge in [0.15, 0.2) is 0 Å². The maximum absolute atomic E-state index is 0. The van der Waals surface area contributed by atoms with Crippen molar-refractivity contribution < 1.29 is 71.2 Å². The molecule has 4 heteroatoms. The molecule has 0 spiro atoms. The molecule has 0 aliphatic carbocycles. The van der Waals surface area contributed by atoms with Crippen LogP contribution in [0.3, 0.4) is 0 Å². The van der Waals surface area contributed by atoms with Gasteiger partial charge in [0.05, 0.1) is 0 Å². The second kappa shape index (κ2) is 19.0. The average Bonchev–Trinajstić information content (AvgIpc) is 0. The summed E-state index contributed by atoms with van der Waals surface area (Å²) in [6.07, 6.45) is 0. The van der Waals surface area contributed by atoms with Gasteiger partial charge in [-0.2, -0.15) is 0 Å². The second-order valence-corrected chi connectivity index (χ2v) is 0. The Morgan fingerprint density at radius 1 is 0.500 bits per heavy atom. The molecule has 0 atom stereocenters. The van der Waals surface area contributed by atoms with Gasteiger partial charge >= 0.3 is 0 Å². The molecule has 0 aromatic rings. The molecule has 0 saturated heterocycles. The van der Waals surface area contributed by atoms with Crippen molar-refractivity contribution in [2.75, 3.05) is 0 Å². The molecule has 0 N–H and O–H groups in total. The molecule has 0 fully saturated rings. The summed E-state index contributed by atoms with van der Waals surface area (Å²) in [4.78, 5) is 0. The van der Waals surface area contributed by atoms with E-state index >= 15 is 0 Å². The van der Waals surface area contributed by atoms with Crippen LogP contribution in [0.4, 0.5) is 0 Å². The minimum Gasteiger partial charge on any atom is 0 e. The van der Waals surface area contributed by atoms with E-state index < -0.39 is 0 Å². The van der Waals surface area contributed by atoms with E-state index in [1.165, 1.54) is 0 Å². The van der Waals surface area contributed by atoms with E-state index in [0.29, 0.717) is 0 Å². The number of hydrogen-bond acceptors (Lipinski definition) is 0. The third-order valence-corrected chi connectivity index (χ3v) is 0. The Balaban J connectivity index is 0. The van der Waals surface area contributed by atoms with Gasteiger partial charge in [0, 0.05) is 71.2 Å². The van der Waals surface area contributed by atoms with E-state index in [4.69, 9.17) is 0 Å². The maximum Gasteiger partial charge on any atom is 0 e. The van der Waals surface area contributed by atoms with Crippen LogP contribution in [0.2, 0.25) is 0 Å². The SMILES string of the molecule is [Ni].[Ni].[Ni].[Ti]. The van der Waals surface area contributed by atoms with Crippen LogP contribution in [-0.4, -0.2) is 0 Å². The normalized spacial score (nSPS) is 0. The summed E-state index contributed by atoms with van der Waals surface area (Å²) in [5.41, 5.74) is 0. The minimum atomic E-state index is 0. The van der Waals surface area contributed by atoms with Crippen molar-refractivity contribution in [2.24, 2.45) is 0 Å². The number of hydrogen-bond donors (Lipinski definition) is 0. The molecular formula is Ni3Ti. The van der Waals surface area contributed by atoms with Crippen LogP contribution in [0, 0.1) is 0 Å². The Morgan fingerprint density at radius 2 is 0.500 bits per heavy atom. The van der Waals surface area contributed by atoms with E-state index in [-0.39, 0.29) is 71.2 Å². The van der Waals surface area contributed by atoms with Crippen molar-refractivity contribution in [3.8, 4) is 0 Å². The predicted octanol–water partition coefficient (Wildman–Crippen LogP) is -0.0100. The summed E-state index contributed by atoms with van der Waals surface area (Å²) in [6.45, 7) is 0. The van der Waals surface area contributed by atoms with Crippen molar-refractivity contribution in [1.29, 1.82) is 0 Å². The summed E-state index contributed by atoms with van der Waals surface area (Å²) < 4.78 is 0. The molecule has 4 heavy (non-hydrogen) atoms. The second-order valence-electron chi connectivity index (χ2n) is 0. The molecular weight excluding hydrogens is 224 g/mol. The molecule has 0 rings (SSSR count). The van der Waals surface area contributed by atoms with Crippen LogP contribution in [-0.2, 0) is 71.2 Å². The first-order chi connectivity index (χ1) is 0. The van der Waals surface area contributed by atoms with Gasteiger partial charge in [-0.3, -0.25) is 0 Å². The first-order valence-electron chi connectivity index (χ1n) is 0. The Morgan fingerprint density at radius 3 is 0.500 bits per heavy atom. The van der Waals surface area contributed by atoms with E-state index in [2.05, 4.69) is 0 Å². The molecule has 0 nitrogen and oxygen atoms in total. The minimum absolute atomic E-state index is 0. The molecule has 0 bridgehead atoms. The first-order valence-corrected chi connectivity index (χ1v) is 0. The van der Waals surface area contributed by atoms with Crippen LogP contribution in [0.1, 0.15) is 0 Å². The Bertz CT molecular complexity index is 3.25. The van der Waals surface area contributed by atoms with Crippen LogP contribution in [0.25, 0.3) is 0 Å². The molecule has 0 heterocycles. The number of rotatable bonds is 0. The first kappa shape index (κ1) is 34.7. The van der Waals surface area contributed by atoms with Gasteiger partial charge < -0.3 is 0 Å². The van der Waals surface area contributed by atoms with E-state index in [9.17, 15) is 0 Å². The van der Waals surface area contributed by atoms with Gasteiger partial charge in [0.25, 0.3) is 0 Å². The van der Waals surface area contributed by atoms with Crippen molar-refractivity contribution in [1.82, 2.24) is 0 Å². The summed E-state index contributed by atoms with van der Waals surface area (Å²) in [5, 5.41) is 0. The van der Waals surface area contributed by atoms with Gasteiger partial charge in [-0.1, -0.05) is 0 Å². The zero-order valence-electron chi connectivity index (χ0n) is 1.45. The molecule has 0 aliphatic rings. The molecule has 0 saturated carbocycles. The monoisotopic (exact) mass is 222 g/mol. The standard InChI is InChI=1S/3Ni.Ti.